The largest absolute Gasteiger partial charge is 0.444 e. The summed E-state index contributed by atoms with van der Waals surface area (Å²) in [6.07, 6.45) is -1.44. The molecule has 190 valence electrons. The van der Waals surface area contributed by atoms with Crippen molar-refractivity contribution in [3.05, 3.63) is 35.9 Å². The number of hydrogen-bond acceptors (Lipinski definition) is 6. The average Bonchev–Trinajstić information content (AvgIpc) is 2.75. The van der Waals surface area contributed by atoms with Crippen LogP contribution in [0.15, 0.2) is 30.3 Å². The minimum absolute atomic E-state index is 0.321. The normalized spacial score (nSPS) is 14.7. The Morgan fingerprint density at radius 1 is 1.00 bits per heavy atom. The smallest absolute Gasteiger partial charge is 0.407 e. The topological polar surface area (TPSA) is 137 Å². The van der Waals surface area contributed by atoms with Gasteiger partial charge in [0.05, 0.1) is 6.04 Å². The van der Waals surface area contributed by atoms with Crippen LogP contribution < -0.4 is 16.0 Å². The van der Waals surface area contributed by atoms with Gasteiger partial charge in [0, 0.05) is 14.1 Å². The van der Waals surface area contributed by atoms with E-state index in [-0.39, 0.29) is 5.91 Å². The van der Waals surface area contributed by atoms with Crippen molar-refractivity contribution < 1.29 is 29.0 Å². The van der Waals surface area contributed by atoms with Crippen LogP contribution in [0.1, 0.15) is 59.1 Å². The lowest BCUT2D eigenvalue weighted by atomic mass is 10.0. The molecule has 0 bridgehead atoms. The van der Waals surface area contributed by atoms with Gasteiger partial charge in [-0.05, 0) is 39.7 Å². The summed E-state index contributed by atoms with van der Waals surface area (Å²) < 4.78 is 5.20. The number of likely N-dealkylation sites (N-methyl/N-ethyl adjacent to an activating group) is 1. The van der Waals surface area contributed by atoms with Crippen LogP contribution in [0.5, 0.6) is 0 Å². The molecule has 34 heavy (non-hydrogen) atoms. The number of aliphatic hydroxyl groups is 1. The molecule has 0 heterocycles. The molecule has 10 nitrogen and oxygen atoms in total. The Hall–Kier alpha value is -3.14. The molecule has 4 amide bonds. The minimum atomic E-state index is -1.60. The standard InChI is InChI=1S/C24H38N4O6/c1-8-12-17(26-23(33)34-24(3,4)5)19(29)21(31)25-15(2)20(30)27-18(22(32)28(6)7)16-13-10-9-11-14-16/h9-11,13-15,17-19,29H,8,12H2,1-7H3,(H,25,31)(H,26,33)(H,27,30)/t15-,17-,18-,19?/m0/s1. The number of ether oxygens (including phenoxy) is 1. The molecular weight excluding hydrogens is 440 g/mol. The maximum atomic E-state index is 12.8. The lowest BCUT2D eigenvalue weighted by molar-refractivity contribution is -0.137. The fourth-order valence-corrected chi connectivity index (χ4v) is 3.08. The number of amides is 4. The first-order valence-electron chi connectivity index (χ1n) is 11.3. The van der Waals surface area contributed by atoms with Gasteiger partial charge in [-0.25, -0.2) is 4.79 Å². The predicted octanol–water partition coefficient (Wildman–Crippen LogP) is 1.49. The number of alkyl carbamates (subject to hydrolysis) is 1. The quantitative estimate of drug-likeness (QED) is 0.402. The molecule has 1 aromatic rings. The van der Waals surface area contributed by atoms with E-state index in [0.717, 1.165) is 0 Å². The first kappa shape index (κ1) is 28.9. The number of aliphatic hydroxyl groups excluding tert-OH is 1. The zero-order chi connectivity index (χ0) is 26.1. The molecule has 4 N–H and O–H groups in total. The van der Waals surface area contributed by atoms with Crippen LogP contribution in [0.25, 0.3) is 0 Å². The third-order valence-corrected chi connectivity index (χ3v) is 4.81. The Balaban J connectivity index is 2.85. The zero-order valence-corrected chi connectivity index (χ0v) is 21.0. The highest BCUT2D eigenvalue weighted by Crippen LogP contribution is 2.15. The van der Waals surface area contributed by atoms with E-state index in [1.165, 1.54) is 11.8 Å². The number of hydrogen-bond donors (Lipinski definition) is 4. The van der Waals surface area contributed by atoms with Gasteiger partial charge in [-0.15, -0.1) is 0 Å². The molecule has 0 aliphatic rings. The maximum absolute atomic E-state index is 12.8. The number of nitrogens with one attached hydrogen (secondary N) is 3. The van der Waals surface area contributed by atoms with Gasteiger partial charge in [0.25, 0.3) is 5.91 Å². The summed E-state index contributed by atoms with van der Waals surface area (Å²) in [5.74, 6) is -1.76. The van der Waals surface area contributed by atoms with E-state index in [9.17, 15) is 24.3 Å². The van der Waals surface area contributed by atoms with E-state index in [2.05, 4.69) is 16.0 Å². The second-order valence-electron chi connectivity index (χ2n) is 9.30. The van der Waals surface area contributed by atoms with Crippen LogP contribution >= 0.6 is 0 Å². The van der Waals surface area contributed by atoms with Crippen molar-refractivity contribution in [1.82, 2.24) is 20.9 Å². The Kier molecular flexibility index (Phi) is 11.0. The van der Waals surface area contributed by atoms with Crippen LogP contribution in [0.3, 0.4) is 0 Å². The van der Waals surface area contributed by atoms with Crippen LogP contribution in [0, 0.1) is 0 Å². The fraction of sp³-hybridized carbons (Fsp3) is 0.583. The molecule has 0 aromatic heterocycles. The van der Waals surface area contributed by atoms with Crippen LogP contribution in [-0.2, 0) is 19.1 Å². The zero-order valence-electron chi connectivity index (χ0n) is 21.0. The molecular formula is C24H38N4O6. The third kappa shape index (κ3) is 9.38. The second-order valence-corrected chi connectivity index (χ2v) is 9.30. The molecule has 1 rings (SSSR count). The van der Waals surface area contributed by atoms with E-state index in [4.69, 9.17) is 4.74 Å². The number of nitrogens with zero attached hydrogens (tertiary/aromatic N) is 1. The SMILES string of the molecule is CCC[C@H](NC(=O)OC(C)(C)C)C(O)C(=O)N[C@@H](C)C(=O)N[C@H](C(=O)N(C)C)c1ccccc1. The van der Waals surface area contributed by atoms with Crippen molar-refractivity contribution in [2.45, 2.75) is 77.3 Å². The van der Waals surface area contributed by atoms with E-state index >= 15 is 0 Å². The van der Waals surface area contributed by atoms with E-state index in [1.807, 2.05) is 6.92 Å². The number of carbonyl (C=O) groups excluding carboxylic acids is 4. The summed E-state index contributed by atoms with van der Waals surface area (Å²) in [6.45, 7) is 8.39. The predicted molar refractivity (Wildman–Crippen MR) is 128 cm³/mol. The molecule has 0 aliphatic carbocycles. The van der Waals surface area contributed by atoms with E-state index in [1.54, 1.807) is 65.2 Å². The molecule has 0 fully saturated rings. The van der Waals surface area contributed by atoms with Gasteiger partial charge in [0.1, 0.15) is 17.7 Å². The summed E-state index contributed by atoms with van der Waals surface area (Å²) >= 11 is 0. The molecule has 1 aromatic carbocycles. The second kappa shape index (κ2) is 12.9. The molecule has 10 heteroatoms. The van der Waals surface area contributed by atoms with Crippen molar-refractivity contribution in [1.29, 1.82) is 0 Å². The molecule has 0 saturated carbocycles. The van der Waals surface area contributed by atoms with Gasteiger partial charge in [-0.2, -0.15) is 0 Å². The molecule has 4 atom stereocenters. The van der Waals surface area contributed by atoms with E-state index < -0.39 is 47.7 Å². The molecule has 0 radical (unpaired) electrons. The fourth-order valence-electron chi connectivity index (χ4n) is 3.08. The molecule has 0 spiro atoms. The maximum Gasteiger partial charge on any atom is 0.407 e. The van der Waals surface area contributed by atoms with Crippen LogP contribution in [0.2, 0.25) is 0 Å². The summed E-state index contributed by atoms with van der Waals surface area (Å²) in [7, 11) is 3.16. The summed E-state index contributed by atoms with van der Waals surface area (Å²) in [5, 5.41) is 18.1. The van der Waals surface area contributed by atoms with Gasteiger partial charge in [-0.3, -0.25) is 14.4 Å². The Labute approximate surface area is 201 Å². The molecule has 0 saturated heterocycles. The number of benzene rings is 1. The van der Waals surface area contributed by atoms with Crippen molar-refractivity contribution in [2.75, 3.05) is 14.1 Å². The highest BCUT2D eigenvalue weighted by Gasteiger charge is 2.32. The van der Waals surface area contributed by atoms with Gasteiger partial charge >= 0.3 is 6.09 Å². The van der Waals surface area contributed by atoms with Crippen molar-refractivity contribution in [3.8, 4) is 0 Å². The van der Waals surface area contributed by atoms with Gasteiger partial charge < -0.3 is 30.7 Å². The van der Waals surface area contributed by atoms with Crippen molar-refractivity contribution >= 4 is 23.8 Å². The highest BCUT2D eigenvalue weighted by molar-refractivity contribution is 5.93. The number of carbonyl (C=O) groups is 4. The van der Waals surface area contributed by atoms with Crippen molar-refractivity contribution in [2.24, 2.45) is 0 Å². The van der Waals surface area contributed by atoms with Crippen LogP contribution in [-0.4, -0.2) is 71.7 Å². The summed E-state index contributed by atoms with van der Waals surface area (Å²) in [5.41, 5.74) is -0.141. The van der Waals surface area contributed by atoms with E-state index in [0.29, 0.717) is 18.4 Å². The minimum Gasteiger partial charge on any atom is -0.444 e. The Morgan fingerprint density at radius 3 is 2.09 bits per heavy atom. The lowest BCUT2D eigenvalue weighted by Gasteiger charge is -2.27. The monoisotopic (exact) mass is 478 g/mol. The number of rotatable bonds is 10. The Bertz CT molecular complexity index is 838. The van der Waals surface area contributed by atoms with Crippen molar-refractivity contribution in [3.63, 3.8) is 0 Å². The average molecular weight is 479 g/mol. The van der Waals surface area contributed by atoms with Crippen LogP contribution in [0.4, 0.5) is 4.79 Å². The summed E-state index contributed by atoms with van der Waals surface area (Å²) in [4.78, 5) is 51.5. The molecule has 0 aliphatic heterocycles. The van der Waals surface area contributed by atoms with Gasteiger partial charge in [-0.1, -0.05) is 43.7 Å². The highest BCUT2D eigenvalue weighted by atomic mass is 16.6. The first-order valence-corrected chi connectivity index (χ1v) is 11.3. The lowest BCUT2D eigenvalue weighted by Crippen LogP contribution is -2.55. The summed E-state index contributed by atoms with van der Waals surface area (Å²) in [6, 6.07) is 5.86. The first-order chi connectivity index (χ1) is 15.8. The Morgan fingerprint density at radius 2 is 1.59 bits per heavy atom. The van der Waals surface area contributed by atoms with Gasteiger partial charge in [0.15, 0.2) is 6.10 Å². The molecule has 1 unspecified atom stereocenters. The van der Waals surface area contributed by atoms with Gasteiger partial charge in [0.2, 0.25) is 11.8 Å². The third-order valence-electron chi connectivity index (χ3n) is 4.81.